The lowest BCUT2D eigenvalue weighted by molar-refractivity contribution is 0.982. The summed E-state index contributed by atoms with van der Waals surface area (Å²) in [5, 5.41) is 11.0. The molecule has 4 nitrogen and oxygen atoms in total. The monoisotopic (exact) mass is 538 g/mol. The number of benzene rings is 4. The number of nitrogens with two attached hydrogens (primary N) is 1. The summed E-state index contributed by atoms with van der Waals surface area (Å²) in [5.74, 6) is 0. The summed E-state index contributed by atoms with van der Waals surface area (Å²) in [5.41, 5.74) is 12.9. The predicted octanol–water partition coefficient (Wildman–Crippen LogP) is 8.47. The number of pyridine rings is 2. The minimum Gasteiger partial charge on any atom is -0.318 e. The SMILES string of the molecule is NC1SC1c1cncc(-c2ccc3c4ccc(-c5cncc(-c6nccs6)c5)cc4c4ccccc4c3c2)c1. The topological polar surface area (TPSA) is 64.7 Å². The zero-order chi connectivity index (χ0) is 25.9. The summed E-state index contributed by atoms with van der Waals surface area (Å²) in [4.78, 5) is 13.5. The Bertz CT molecular complexity index is 2010. The number of nitrogens with zero attached hydrogens (tertiary/aromatic N) is 3. The molecule has 2 atom stereocenters. The van der Waals surface area contributed by atoms with Crippen LogP contribution in [0.4, 0.5) is 0 Å². The van der Waals surface area contributed by atoms with Crippen molar-refractivity contribution in [3.63, 3.8) is 0 Å². The number of rotatable bonds is 4. The Morgan fingerprint density at radius 1 is 0.590 bits per heavy atom. The molecule has 1 fully saturated rings. The maximum Gasteiger partial charge on any atom is 0.124 e. The first-order valence-electron chi connectivity index (χ1n) is 12.8. The van der Waals surface area contributed by atoms with E-state index in [0.29, 0.717) is 5.25 Å². The lowest BCUT2D eigenvalue weighted by atomic mass is 9.90. The number of thiazole rings is 1. The van der Waals surface area contributed by atoms with Gasteiger partial charge in [0.15, 0.2) is 0 Å². The second-order valence-electron chi connectivity index (χ2n) is 9.89. The van der Waals surface area contributed by atoms with E-state index in [-0.39, 0.29) is 5.37 Å². The highest BCUT2D eigenvalue weighted by Gasteiger charge is 2.36. The van der Waals surface area contributed by atoms with Crippen LogP contribution in [-0.4, -0.2) is 20.3 Å². The van der Waals surface area contributed by atoms with Crippen molar-refractivity contribution in [3.8, 4) is 32.8 Å². The van der Waals surface area contributed by atoms with Crippen molar-refractivity contribution in [2.24, 2.45) is 5.73 Å². The number of thioether (sulfide) groups is 1. The van der Waals surface area contributed by atoms with Crippen LogP contribution < -0.4 is 5.73 Å². The molecule has 0 spiro atoms. The van der Waals surface area contributed by atoms with Crippen LogP contribution in [0.1, 0.15) is 10.8 Å². The van der Waals surface area contributed by atoms with Crippen molar-refractivity contribution in [2.75, 3.05) is 0 Å². The van der Waals surface area contributed by atoms with E-state index < -0.39 is 0 Å². The highest BCUT2D eigenvalue weighted by Crippen LogP contribution is 2.51. The Hall–Kier alpha value is -4.10. The number of hydrogen-bond acceptors (Lipinski definition) is 6. The van der Waals surface area contributed by atoms with Gasteiger partial charge in [0.05, 0.1) is 10.6 Å². The van der Waals surface area contributed by atoms with Crippen LogP contribution in [0.5, 0.6) is 0 Å². The largest absolute Gasteiger partial charge is 0.318 e. The molecule has 7 aromatic rings. The van der Waals surface area contributed by atoms with E-state index in [2.05, 4.69) is 87.7 Å². The van der Waals surface area contributed by atoms with Crippen molar-refractivity contribution in [1.82, 2.24) is 15.0 Å². The molecule has 6 heteroatoms. The first-order chi connectivity index (χ1) is 19.2. The fraction of sp³-hybridized carbons (Fsp3) is 0.0606. The Kier molecular flexibility index (Phi) is 5.26. The molecule has 2 unspecified atom stereocenters. The normalized spacial score (nSPS) is 16.7. The van der Waals surface area contributed by atoms with E-state index in [1.165, 1.54) is 43.4 Å². The molecule has 1 aliphatic rings. The Labute approximate surface area is 233 Å². The summed E-state index contributed by atoms with van der Waals surface area (Å²) in [6.07, 6.45) is 9.54. The molecule has 2 N–H and O–H groups in total. The minimum absolute atomic E-state index is 0.185. The summed E-state index contributed by atoms with van der Waals surface area (Å²) in [6, 6.07) is 26.7. The summed E-state index contributed by atoms with van der Waals surface area (Å²) in [6.45, 7) is 0. The van der Waals surface area contributed by atoms with Gasteiger partial charge in [-0.05, 0) is 73.3 Å². The van der Waals surface area contributed by atoms with Crippen LogP contribution in [0.25, 0.3) is 65.1 Å². The highest BCUT2D eigenvalue weighted by atomic mass is 32.2. The average molecular weight is 539 g/mol. The van der Waals surface area contributed by atoms with Gasteiger partial charge in [0, 0.05) is 53.1 Å². The fourth-order valence-corrected chi connectivity index (χ4v) is 6.87. The molecule has 4 heterocycles. The Balaban J connectivity index is 1.30. The second-order valence-corrected chi connectivity index (χ2v) is 12.1. The quantitative estimate of drug-likeness (QED) is 0.180. The van der Waals surface area contributed by atoms with E-state index in [4.69, 9.17) is 5.73 Å². The summed E-state index contributed by atoms with van der Waals surface area (Å²) in [7, 11) is 0. The third kappa shape index (κ3) is 3.91. The van der Waals surface area contributed by atoms with Gasteiger partial charge in [-0.1, -0.05) is 48.5 Å². The van der Waals surface area contributed by atoms with Gasteiger partial charge >= 0.3 is 0 Å². The van der Waals surface area contributed by atoms with Crippen LogP contribution in [0.2, 0.25) is 0 Å². The molecule has 0 saturated carbocycles. The molecule has 0 radical (unpaired) electrons. The standard InChI is InChI=1S/C33H22N4S2/c34-32-31(39-32)23-11-21(15-35-17-23)19-5-7-27-28-8-6-20(22-12-24(18-36-16-22)33-37-9-10-38-33)14-30(28)26-4-2-1-3-25(26)29(27)13-19/h1-18,31-32H,34H2. The van der Waals surface area contributed by atoms with E-state index in [9.17, 15) is 0 Å². The van der Waals surface area contributed by atoms with Crippen molar-refractivity contribution in [1.29, 1.82) is 0 Å². The average Bonchev–Trinajstić information content (AvgIpc) is 3.48. The number of aromatic nitrogens is 3. The smallest absolute Gasteiger partial charge is 0.124 e. The van der Waals surface area contributed by atoms with Gasteiger partial charge in [-0.2, -0.15) is 0 Å². The van der Waals surface area contributed by atoms with Crippen molar-refractivity contribution in [3.05, 3.63) is 115 Å². The molecule has 1 aliphatic heterocycles. The maximum atomic E-state index is 6.08. The second kappa shape index (κ2) is 8.99. The van der Waals surface area contributed by atoms with Gasteiger partial charge in [-0.15, -0.1) is 23.1 Å². The molecule has 1 saturated heterocycles. The predicted molar refractivity (Wildman–Crippen MR) is 165 cm³/mol. The van der Waals surface area contributed by atoms with Crippen LogP contribution in [0.15, 0.2) is 109 Å². The van der Waals surface area contributed by atoms with Gasteiger partial charge in [0.1, 0.15) is 5.01 Å². The highest BCUT2D eigenvalue weighted by molar-refractivity contribution is 8.07. The lowest BCUT2D eigenvalue weighted by Crippen LogP contribution is -2.00. The van der Waals surface area contributed by atoms with E-state index in [1.807, 2.05) is 36.4 Å². The minimum atomic E-state index is 0.185. The van der Waals surface area contributed by atoms with Crippen LogP contribution >= 0.6 is 23.1 Å². The van der Waals surface area contributed by atoms with Crippen molar-refractivity contribution < 1.29 is 0 Å². The van der Waals surface area contributed by atoms with Gasteiger partial charge in [0.25, 0.3) is 0 Å². The number of hydrogen-bond donors (Lipinski definition) is 1. The van der Waals surface area contributed by atoms with Gasteiger partial charge < -0.3 is 5.73 Å². The molecule has 3 aromatic heterocycles. The van der Waals surface area contributed by atoms with Gasteiger partial charge in [-0.3, -0.25) is 9.97 Å². The molecule has 0 bridgehead atoms. The third-order valence-corrected chi connectivity index (χ3v) is 9.49. The van der Waals surface area contributed by atoms with Crippen LogP contribution in [0, 0.1) is 0 Å². The van der Waals surface area contributed by atoms with E-state index in [1.54, 1.807) is 23.1 Å². The van der Waals surface area contributed by atoms with E-state index >= 15 is 0 Å². The molecule has 186 valence electrons. The fourth-order valence-electron chi connectivity index (χ4n) is 5.56. The number of fused-ring (bicyclic) bond motifs is 6. The van der Waals surface area contributed by atoms with Crippen molar-refractivity contribution in [2.45, 2.75) is 10.6 Å². The summed E-state index contributed by atoms with van der Waals surface area (Å²) >= 11 is 3.41. The molecule has 4 aromatic carbocycles. The lowest BCUT2D eigenvalue weighted by Gasteiger charge is -2.14. The Morgan fingerprint density at radius 2 is 1.18 bits per heavy atom. The van der Waals surface area contributed by atoms with Crippen molar-refractivity contribution >= 4 is 55.4 Å². The molecular formula is C33H22N4S2. The molecule has 0 aliphatic carbocycles. The van der Waals surface area contributed by atoms with Crippen LogP contribution in [-0.2, 0) is 0 Å². The maximum absolute atomic E-state index is 6.08. The van der Waals surface area contributed by atoms with Gasteiger partial charge in [0.2, 0.25) is 0 Å². The first kappa shape index (κ1) is 22.8. The van der Waals surface area contributed by atoms with Gasteiger partial charge in [-0.25, -0.2) is 4.98 Å². The molecule has 8 rings (SSSR count). The zero-order valence-corrected chi connectivity index (χ0v) is 22.4. The molecular weight excluding hydrogens is 517 g/mol. The summed E-state index contributed by atoms with van der Waals surface area (Å²) < 4.78 is 0. The van der Waals surface area contributed by atoms with E-state index in [0.717, 1.165) is 27.3 Å². The van der Waals surface area contributed by atoms with Crippen LogP contribution in [0.3, 0.4) is 0 Å². The molecule has 39 heavy (non-hydrogen) atoms. The Morgan fingerprint density at radius 3 is 1.79 bits per heavy atom. The molecule has 0 amide bonds. The third-order valence-electron chi connectivity index (χ3n) is 7.53. The first-order valence-corrected chi connectivity index (χ1v) is 14.6. The zero-order valence-electron chi connectivity index (χ0n) is 20.8.